The minimum Gasteiger partial charge on any atom is -0.511 e. The van der Waals surface area contributed by atoms with Crippen LogP contribution in [0.25, 0.3) is 0 Å². The number of aliphatic hydroxyl groups is 1. The van der Waals surface area contributed by atoms with Gasteiger partial charge in [-0.3, -0.25) is 4.79 Å². The Hall–Kier alpha value is -1.10. The van der Waals surface area contributed by atoms with Crippen LogP contribution in [0.2, 0.25) is 0 Å². The third-order valence-electron chi connectivity index (χ3n) is 1.41. The highest BCUT2D eigenvalue weighted by Crippen LogP contribution is 2.10. The molecule has 0 saturated carbocycles. The summed E-state index contributed by atoms with van der Waals surface area (Å²) in [6.07, 6.45) is 0.401. The quantitative estimate of drug-likeness (QED) is 0.471. The molecule has 4 N–H and O–H groups in total. The van der Waals surface area contributed by atoms with Crippen molar-refractivity contribution in [2.75, 3.05) is 6.54 Å². The van der Waals surface area contributed by atoms with Gasteiger partial charge in [-0.15, -0.1) is 0 Å². The highest BCUT2D eigenvalue weighted by molar-refractivity contribution is 7.80. The van der Waals surface area contributed by atoms with E-state index in [1.54, 1.807) is 0 Å². The second kappa shape index (κ2) is 2.87. The molecule has 5 heteroatoms. The zero-order valence-electron chi connectivity index (χ0n) is 5.76. The van der Waals surface area contributed by atoms with Crippen molar-refractivity contribution in [2.45, 2.75) is 6.42 Å². The molecule has 60 valence electrons. The molecule has 4 nitrogen and oxygen atoms in total. The van der Waals surface area contributed by atoms with E-state index in [4.69, 9.17) is 10.8 Å². The summed E-state index contributed by atoms with van der Waals surface area (Å²) >= 11 is 4.57. The number of carbonyl (C=O) groups excluding carboxylic acids is 1. The number of rotatable bonds is 1. The van der Waals surface area contributed by atoms with Crippen molar-refractivity contribution < 1.29 is 9.90 Å². The molecule has 0 aromatic carbocycles. The Morgan fingerprint density at radius 1 is 1.73 bits per heavy atom. The first-order valence-electron chi connectivity index (χ1n) is 3.13. The number of carbonyl (C=O) groups is 1. The summed E-state index contributed by atoms with van der Waals surface area (Å²) in [7, 11) is 0. The molecule has 1 aliphatic heterocycles. The predicted molar refractivity (Wildman–Crippen MR) is 44.1 cm³/mol. The SMILES string of the molecule is NC(=S)C1=C(O)CCNC1=O. The van der Waals surface area contributed by atoms with Crippen LogP contribution in [0.1, 0.15) is 6.42 Å². The maximum Gasteiger partial charge on any atom is 0.257 e. The molecular weight excluding hydrogens is 164 g/mol. The Morgan fingerprint density at radius 3 is 2.73 bits per heavy atom. The van der Waals surface area contributed by atoms with Crippen LogP contribution in [-0.4, -0.2) is 22.5 Å². The molecule has 0 fully saturated rings. The Balaban J connectivity index is 3.01. The van der Waals surface area contributed by atoms with Gasteiger partial charge in [0.15, 0.2) is 0 Å². The molecule has 1 heterocycles. The largest absolute Gasteiger partial charge is 0.511 e. The van der Waals surface area contributed by atoms with Crippen molar-refractivity contribution in [3.05, 3.63) is 11.3 Å². The zero-order chi connectivity index (χ0) is 8.43. The molecular formula is C6H8N2O2S. The smallest absolute Gasteiger partial charge is 0.257 e. The highest BCUT2D eigenvalue weighted by atomic mass is 32.1. The summed E-state index contributed by atoms with van der Waals surface area (Å²) in [6, 6.07) is 0. The van der Waals surface area contributed by atoms with Gasteiger partial charge in [-0.2, -0.15) is 0 Å². The van der Waals surface area contributed by atoms with E-state index in [1.165, 1.54) is 0 Å². The standard InChI is InChI=1S/C6H8N2O2S/c7-5(11)4-3(9)1-2-8-6(4)10/h9H,1-2H2,(H2,7,11)(H,8,10). The molecule has 0 aromatic heterocycles. The van der Waals surface area contributed by atoms with E-state index in [1.807, 2.05) is 0 Å². The van der Waals surface area contributed by atoms with Gasteiger partial charge in [-0.25, -0.2) is 0 Å². The van der Waals surface area contributed by atoms with Gasteiger partial charge in [0.05, 0.1) is 0 Å². The minimum atomic E-state index is -0.388. The van der Waals surface area contributed by atoms with E-state index >= 15 is 0 Å². The van der Waals surface area contributed by atoms with Crippen molar-refractivity contribution in [2.24, 2.45) is 5.73 Å². The maximum absolute atomic E-state index is 10.9. The first-order chi connectivity index (χ1) is 5.13. The van der Waals surface area contributed by atoms with Crippen molar-refractivity contribution in [1.82, 2.24) is 5.32 Å². The van der Waals surface area contributed by atoms with Gasteiger partial charge in [0, 0.05) is 13.0 Å². The summed E-state index contributed by atoms with van der Waals surface area (Å²) in [5, 5.41) is 11.7. The lowest BCUT2D eigenvalue weighted by Gasteiger charge is -2.14. The number of nitrogens with two attached hydrogens (primary N) is 1. The van der Waals surface area contributed by atoms with Gasteiger partial charge in [0.2, 0.25) is 0 Å². The van der Waals surface area contributed by atoms with Gasteiger partial charge in [-0.1, -0.05) is 12.2 Å². The van der Waals surface area contributed by atoms with Crippen LogP contribution in [0.4, 0.5) is 0 Å². The van der Waals surface area contributed by atoms with Gasteiger partial charge >= 0.3 is 0 Å². The van der Waals surface area contributed by atoms with Gasteiger partial charge in [-0.05, 0) is 0 Å². The van der Waals surface area contributed by atoms with E-state index in [0.29, 0.717) is 13.0 Å². The van der Waals surface area contributed by atoms with E-state index in [0.717, 1.165) is 0 Å². The molecule has 1 amide bonds. The van der Waals surface area contributed by atoms with Crippen LogP contribution in [0.15, 0.2) is 11.3 Å². The molecule has 0 bridgehead atoms. The second-order valence-corrected chi connectivity index (χ2v) is 2.63. The van der Waals surface area contributed by atoms with Crippen LogP contribution < -0.4 is 11.1 Å². The lowest BCUT2D eigenvalue weighted by Crippen LogP contribution is -2.36. The van der Waals surface area contributed by atoms with Crippen LogP contribution in [0, 0.1) is 0 Å². The lowest BCUT2D eigenvalue weighted by atomic mass is 10.1. The summed E-state index contributed by atoms with van der Waals surface area (Å²) in [6.45, 7) is 0.441. The minimum absolute atomic E-state index is 0.0127. The number of aliphatic hydroxyl groups excluding tert-OH is 1. The molecule has 1 rings (SSSR count). The summed E-state index contributed by atoms with van der Waals surface area (Å²) in [4.78, 5) is 10.9. The monoisotopic (exact) mass is 172 g/mol. The molecule has 11 heavy (non-hydrogen) atoms. The zero-order valence-corrected chi connectivity index (χ0v) is 6.57. The predicted octanol–water partition coefficient (Wildman–Crippen LogP) is -0.395. The summed E-state index contributed by atoms with van der Waals surface area (Å²) in [5.41, 5.74) is 5.25. The van der Waals surface area contributed by atoms with Crippen molar-refractivity contribution in [3.8, 4) is 0 Å². The lowest BCUT2D eigenvalue weighted by molar-refractivity contribution is -0.117. The molecule has 0 aliphatic carbocycles. The molecule has 0 saturated heterocycles. The summed E-state index contributed by atoms with van der Waals surface area (Å²) < 4.78 is 0. The Kier molecular flexibility index (Phi) is 2.09. The van der Waals surface area contributed by atoms with Gasteiger partial charge in [0.25, 0.3) is 5.91 Å². The average Bonchev–Trinajstić information content (AvgIpc) is 1.85. The van der Waals surface area contributed by atoms with E-state index in [2.05, 4.69) is 17.5 Å². The topological polar surface area (TPSA) is 75.3 Å². The van der Waals surface area contributed by atoms with Crippen molar-refractivity contribution >= 4 is 23.1 Å². The van der Waals surface area contributed by atoms with Crippen molar-refractivity contribution in [1.29, 1.82) is 0 Å². The number of hydrogen-bond donors (Lipinski definition) is 3. The fourth-order valence-electron chi connectivity index (χ4n) is 0.893. The first-order valence-corrected chi connectivity index (χ1v) is 3.54. The van der Waals surface area contributed by atoms with Gasteiger partial charge in [0.1, 0.15) is 16.3 Å². The third-order valence-corrected chi connectivity index (χ3v) is 1.61. The molecule has 0 aromatic rings. The van der Waals surface area contributed by atoms with E-state index < -0.39 is 0 Å². The van der Waals surface area contributed by atoms with Crippen LogP contribution in [0.3, 0.4) is 0 Å². The highest BCUT2D eigenvalue weighted by Gasteiger charge is 2.21. The van der Waals surface area contributed by atoms with Crippen LogP contribution >= 0.6 is 12.2 Å². The number of nitrogens with one attached hydrogen (secondary N) is 1. The molecule has 0 unspecified atom stereocenters. The normalized spacial score (nSPS) is 18.0. The first kappa shape index (κ1) is 8.00. The van der Waals surface area contributed by atoms with E-state index in [9.17, 15) is 4.79 Å². The Labute approximate surface area is 69.1 Å². The van der Waals surface area contributed by atoms with E-state index in [-0.39, 0.29) is 22.2 Å². The Bertz CT molecular complexity index is 247. The van der Waals surface area contributed by atoms with Gasteiger partial charge < -0.3 is 16.2 Å². The molecule has 0 spiro atoms. The Morgan fingerprint density at radius 2 is 2.36 bits per heavy atom. The second-order valence-electron chi connectivity index (χ2n) is 2.19. The van der Waals surface area contributed by atoms with Crippen molar-refractivity contribution in [3.63, 3.8) is 0 Å². The van der Waals surface area contributed by atoms with Crippen LogP contribution in [0.5, 0.6) is 0 Å². The molecule has 0 radical (unpaired) electrons. The third kappa shape index (κ3) is 1.48. The molecule has 0 atom stereocenters. The molecule has 1 aliphatic rings. The fourth-order valence-corrected chi connectivity index (χ4v) is 1.10. The number of thiocarbonyl (C=S) groups is 1. The number of amides is 1. The number of hydrogen-bond acceptors (Lipinski definition) is 3. The fraction of sp³-hybridized carbons (Fsp3) is 0.333. The van der Waals surface area contributed by atoms with Crippen LogP contribution in [-0.2, 0) is 4.79 Å². The summed E-state index contributed by atoms with van der Waals surface area (Å²) in [5.74, 6) is -0.400. The maximum atomic E-state index is 10.9. The average molecular weight is 172 g/mol.